The fourth-order valence-corrected chi connectivity index (χ4v) is 3.40. The first-order valence-corrected chi connectivity index (χ1v) is 10.6. The Morgan fingerprint density at radius 2 is 1.88 bits per heavy atom. The fraction of sp³-hybridized carbons (Fsp3) is 0.522. The number of hydrogen-bond acceptors (Lipinski definition) is 6. The van der Waals surface area contributed by atoms with Gasteiger partial charge in [-0.15, -0.1) is 0 Å². The number of pyridine rings is 2. The number of halogens is 2. The van der Waals surface area contributed by atoms with E-state index in [1.54, 1.807) is 30.0 Å². The standard InChI is InChI=1S/C23H29F2N3O4/c1-15-8-9-17(26-20(15)31-21(24)25)14-30-19-7-5-6-18(27-19)16-10-12-28(13-11-16)22(29)32-23(2,3)4/h5-9,16,21H,10-14H2,1-4H3. The Balaban J connectivity index is 1.57. The molecule has 0 unspecified atom stereocenters. The Morgan fingerprint density at radius 1 is 1.16 bits per heavy atom. The summed E-state index contributed by atoms with van der Waals surface area (Å²) in [7, 11) is 0. The number of alkyl halides is 2. The molecule has 2 aromatic heterocycles. The van der Waals surface area contributed by atoms with Gasteiger partial charge in [0.2, 0.25) is 11.8 Å². The molecule has 1 aliphatic heterocycles. The van der Waals surface area contributed by atoms with Crippen molar-refractivity contribution in [3.8, 4) is 11.8 Å². The molecular weight excluding hydrogens is 420 g/mol. The van der Waals surface area contributed by atoms with Crippen LogP contribution in [0.1, 0.15) is 56.5 Å². The van der Waals surface area contributed by atoms with E-state index in [0.29, 0.717) is 30.2 Å². The SMILES string of the molecule is Cc1ccc(COc2cccc(C3CCN(C(=O)OC(C)(C)C)CC3)n2)nc1OC(F)F. The molecule has 0 bridgehead atoms. The lowest BCUT2D eigenvalue weighted by atomic mass is 9.93. The van der Waals surface area contributed by atoms with Gasteiger partial charge < -0.3 is 19.1 Å². The smallest absolute Gasteiger partial charge is 0.410 e. The number of nitrogens with zero attached hydrogens (tertiary/aromatic N) is 3. The molecule has 9 heteroatoms. The second-order valence-electron chi connectivity index (χ2n) is 8.73. The van der Waals surface area contributed by atoms with Gasteiger partial charge in [0.1, 0.15) is 12.2 Å². The van der Waals surface area contributed by atoms with Gasteiger partial charge in [-0.1, -0.05) is 12.1 Å². The molecule has 0 atom stereocenters. The van der Waals surface area contributed by atoms with Crippen molar-refractivity contribution >= 4 is 6.09 Å². The highest BCUT2D eigenvalue weighted by atomic mass is 19.3. The molecular formula is C23H29F2N3O4. The number of piperidine rings is 1. The van der Waals surface area contributed by atoms with Crippen molar-refractivity contribution in [3.63, 3.8) is 0 Å². The van der Waals surface area contributed by atoms with Gasteiger partial charge >= 0.3 is 12.7 Å². The molecule has 0 aromatic carbocycles. The van der Waals surface area contributed by atoms with Gasteiger partial charge in [-0.3, -0.25) is 0 Å². The maximum absolute atomic E-state index is 12.5. The number of aromatic nitrogens is 2. The molecule has 0 spiro atoms. The van der Waals surface area contributed by atoms with Crippen LogP contribution < -0.4 is 9.47 Å². The quantitative estimate of drug-likeness (QED) is 0.612. The third kappa shape index (κ3) is 6.77. The summed E-state index contributed by atoms with van der Waals surface area (Å²) >= 11 is 0. The van der Waals surface area contributed by atoms with Gasteiger partial charge in [-0.25, -0.2) is 14.8 Å². The maximum Gasteiger partial charge on any atom is 0.410 e. The first-order chi connectivity index (χ1) is 15.1. The molecule has 3 heterocycles. The lowest BCUT2D eigenvalue weighted by molar-refractivity contribution is -0.0535. The van der Waals surface area contributed by atoms with Crippen molar-refractivity contribution in [3.05, 3.63) is 47.3 Å². The van der Waals surface area contributed by atoms with Gasteiger partial charge in [0.05, 0.1) is 5.69 Å². The van der Waals surface area contributed by atoms with Crippen molar-refractivity contribution in [2.45, 2.75) is 65.3 Å². The lowest BCUT2D eigenvalue weighted by Crippen LogP contribution is -2.41. The minimum absolute atomic E-state index is 0.0768. The molecule has 1 saturated heterocycles. The molecule has 0 aliphatic carbocycles. The van der Waals surface area contributed by atoms with Crippen LogP contribution in [0.15, 0.2) is 30.3 Å². The molecule has 32 heavy (non-hydrogen) atoms. The molecule has 0 saturated carbocycles. The topological polar surface area (TPSA) is 73.8 Å². The maximum atomic E-state index is 12.5. The van der Waals surface area contributed by atoms with E-state index in [2.05, 4.69) is 14.7 Å². The lowest BCUT2D eigenvalue weighted by Gasteiger charge is -2.33. The molecule has 174 valence electrons. The average Bonchev–Trinajstić information content (AvgIpc) is 2.73. The predicted molar refractivity (Wildman–Crippen MR) is 114 cm³/mol. The molecule has 1 fully saturated rings. The van der Waals surface area contributed by atoms with E-state index in [0.717, 1.165) is 18.5 Å². The van der Waals surface area contributed by atoms with Gasteiger partial charge in [-0.05, 0) is 52.7 Å². The predicted octanol–water partition coefficient (Wildman–Crippen LogP) is 5.08. The number of aryl methyl sites for hydroxylation is 1. The normalized spacial score (nSPS) is 15.0. The Hall–Kier alpha value is -2.97. The zero-order valence-electron chi connectivity index (χ0n) is 18.8. The Morgan fingerprint density at radius 3 is 2.53 bits per heavy atom. The molecule has 7 nitrogen and oxygen atoms in total. The third-order valence-corrected chi connectivity index (χ3v) is 4.99. The fourth-order valence-electron chi connectivity index (χ4n) is 3.40. The van der Waals surface area contributed by atoms with E-state index >= 15 is 0 Å². The molecule has 1 amide bonds. The zero-order chi connectivity index (χ0) is 23.3. The van der Waals surface area contributed by atoms with E-state index in [9.17, 15) is 13.6 Å². The van der Waals surface area contributed by atoms with Crippen LogP contribution in [0.3, 0.4) is 0 Å². The number of likely N-dealkylation sites (tertiary alicyclic amines) is 1. The van der Waals surface area contributed by atoms with Gasteiger partial charge in [-0.2, -0.15) is 8.78 Å². The summed E-state index contributed by atoms with van der Waals surface area (Å²) < 4.78 is 40.6. The minimum Gasteiger partial charge on any atom is -0.471 e. The van der Waals surface area contributed by atoms with Crippen LogP contribution in [-0.2, 0) is 11.3 Å². The Bertz CT molecular complexity index is 926. The van der Waals surface area contributed by atoms with Crippen LogP contribution >= 0.6 is 0 Å². The average molecular weight is 449 g/mol. The van der Waals surface area contributed by atoms with Crippen molar-refractivity contribution in [1.29, 1.82) is 0 Å². The van der Waals surface area contributed by atoms with E-state index in [4.69, 9.17) is 9.47 Å². The van der Waals surface area contributed by atoms with Crippen molar-refractivity contribution in [2.75, 3.05) is 13.1 Å². The summed E-state index contributed by atoms with van der Waals surface area (Å²) in [5.74, 6) is 0.524. The number of carbonyl (C=O) groups excluding carboxylic acids is 1. The number of carbonyl (C=O) groups is 1. The highest BCUT2D eigenvalue weighted by Gasteiger charge is 2.28. The first-order valence-electron chi connectivity index (χ1n) is 10.6. The monoisotopic (exact) mass is 449 g/mol. The first kappa shape index (κ1) is 23.7. The number of rotatable bonds is 6. The summed E-state index contributed by atoms with van der Waals surface area (Å²) in [6.45, 7) is 5.56. The summed E-state index contributed by atoms with van der Waals surface area (Å²) in [5.41, 5.74) is 1.36. The zero-order valence-corrected chi connectivity index (χ0v) is 18.8. The van der Waals surface area contributed by atoms with Crippen LogP contribution in [0.25, 0.3) is 0 Å². The second kappa shape index (κ2) is 10.1. The molecule has 0 radical (unpaired) electrons. The molecule has 1 aliphatic rings. The second-order valence-corrected chi connectivity index (χ2v) is 8.73. The largest absolute Gasteiger partial charge is 0.471 e. The van der Waals surface area contributed by atoms with E-state index < -0.39 is 12.2 Å². The Kier molecular flexibility index (Phi) is 7.48. The summed E-state index contributed by atoms with van der Waals surface area (Å²) in [4.78, 5) is 22.7. The molecule has 3 rings (SSSR count). The van der Waals surface area contributed by atoms with E-state index in [-0.39, 0.29) is 24.5 Å². The van der Waals surface area contributed by atoms with Gasteiger partial charge in [0.15, 0.2) is 0 Å². The summed E-state index contributed by atoms with van der Waals surface area (Å²) in [6, 6.07) is 8.91. The number of amides is 1. The number of ether oxygens (including phenoxy) is 3. The van der Waals surface area contributed by atoms with Crippen LogP contribution in [0.2, 0.25) is 0 Å². The van der Waals surface area contributed by atoms with E-state index in [1.807, 2.05) is 32.9 Å². The summed E-state index contributed by atoms with van der Waals surface area (Å²) in [5, 5.41) is 0. The van der Waals surface area contributed by atoms with Crippen LogP contribution in [0.4, 0.5) is 13.6 Å². The van der Waals surface area contributed by atoms with Crippen molar-refractivity contribution in [2.24, 2.45) is 0 Å². The van der Waals surface area contributed by atoms with Crippen molar-refractivity contribution in [1.82, 2.24) is 14.9 Å². The van der Waals surface area contributed by atoms with Gasteiger partial charge in [0.25, 0.3) is 0 Å². The Labute approximate surface area is 186 Å². The highest BCUT2D eigenvalue weighted by Crippen LogP contribution is 2.29. The third-order valence-electron chi connectivity index (χ3n) is 4.99. The molecule has 2 aromatic rings. The number of hydrogen-bond donors (Lipinski definition) is 0. The van der Waals surface area contributed by atoms with Crippen LogP contribution in [0.5, 0.6) is 11.8 Å². The van der Waals surface area contributed by atoms with Crippen LogP contribution in [-0.4, -0.2) is 46.3 Å². The molecule has 0 N–H and O–H groups in total. The summed E-state index contributed by atoms with van der Waals surface area (Å²) in [6.07, 6.45) is 1.27. The highest BCUT2D eigenvalue weighted by molar-refractivity contribution is 5.68. The van der Waals surface area contributed by atoms with E-state index in [1.165, 1.54) is 0 Å². The van der Waals surface area contributed by atoms with Crippen molar-refractivity contribution < 1.29 is 27.8 Å². The van der Waals surface area contributed by atoms with Crippen LogP contribution in [0, 0.1) is 6.92 Å². The minimum atomic E-state index is -2.93. The van der Waals surface area contributed by atoms with Gasteiger partial charge in [0, 0.05) is 36.3 Å².